The van der Waals surface area contributed by atoms with Crippen molar-refractivity contribution >= 4 is 35.5 Å². The van der Waals surface area contributed by atoms with Crippen LogP contribution in [-0.2, 0) is 9.36 Å². The Labute approximate surface area is 113 Å². The van der Waals surface area contributed by atoms with Gasteiger partial charge in [0, 0.05) is 18.3 Å². The molecule has 0 saturated carbocycles. The number of alkyl halides is 1. The lowest BCUT2D eigenvalue weighted by Gasteiger charge is -2.31. The van der Waals surface area contributed by atoms with E-state index in [2.05, 4.69) is 5.09 Å². The third kappa shape index (κ3) is 5.21. The molecule has 0 heterocycles. The van der Waals surface area contributed by atoms with Crippen molar-refractivity contribution in [2.75, 3.05) is 19.0 Å². The molecule has 0 saturated heterocycles. The van der Waals surface area contributed by atoms with E-state index < -0.39 is 6.65 Å². The Hall–Kier alpha value is 0.300. The topological polar surface area (TPSA) is 49.4 Å². The summed E-state index contributed by atoms with van der Waals surface area (Å²) in [4.78, 5) is 11.7. The van der Waals surface area contributed by atoms with Crippen LogP contribution in [0.25, 0.3) is 0 Å². The molecule has 0 aromatic rings. The highest BCUT2D eigenvalue weighted by molar-refractivity contribution is 8.57. The molecular formula is C10H22ClN2O2PS. The highest BCUT2D eigenvalue weighted by Crippen LogP contribution is 2.60. The molecule has 0 radical (unpaired) electrons. The summed E-state index contributed by atoms with van der Waals surface area (Å²) in [6, 6.07) is 0. The quantitative estimate of drug-likeness (QED) is 0.552. The number of nitrogens with one attached hydrogen (secondary N) is 1. The molecular weight excluding hydrogens is 279 g/mol. The molecule has 7 heteroatoms. The number of hydrogen-bond acceptors (Lipinski definition) is 3. The van der Waals surface area contributed by atoms with E-state index in [1.807, 2.05) is 27.7 Å². The SMILES string of the molecule is CCNP(=O)(SC(C)CC)N(CC)C(=O)CCl. The molecule has 1 amide bonds. The van der Waals surface area contributed by atoms with E-state index >= 15 is 0 Å². The maximum absolute atomic E-state index is 12.8. The standard InChI is InChI=1S/C10H22ClN2O2PS/c1-5-9(4)17-16(15,12-6-2)13(7-3)10(14)8-11/h9H,5-8H2,1-4H3,(H,12,15). The number of rotatable bonds is 8. The highest BCUT2D eigenvalue weighted by atomic mass is 35.5. The number of nitrogens with zero attached hydrogens (tertiary/aromatic N) is 1. The molecule has 0 fully saturated rings. The Kier molecular flexibility index (Phi) is 8.56. The van der Waals surface area contributed by atoms with Crippen LogP contribution in [0.1, 0.15) is 34.1 Å². The first-order valence-electron chi connectivity index (χ1n) is 5.85. The van der Waals surface area contributed by atoms with Crippen LogP contribution in [0, 0.1) is 0 Å². The van der Waals surface area contributed by atoms with E-state index in [0.717, 1.165) is 6.42 Å². The van der Waals surface area contributed by atoms with Gasteiger partial charge in [-0.15, -0.1) is 11.6 Å². The molecule has 17 heavy (non-hydrogen) atoms. The Morgan fingerprint density at radius 1 is 1.47 bits per heavy atom. The Morgan fingerprint density at radius 2 is 2.06 bits per heavy atom. The van der Waals surface area contributed by atoms with Gasteiger partial charge in [0.05, 0.1) is 0 Å². The maximum atomic E-state index is 12.8. The smallest absolute Gasteiger partial charge is 0.273 e. The predicted molar refractivity (Wildman–Crippen MR) is 76.7 cm³/mol. The summed E-state index contributed by atoms with van der Waals surface area (Å²) in [7, 11) is 0. The summed E-state index contributed by atoms with van der Waals surface area (Å²) in [5, 5.41) is 3.19. The zero-order valence-electron chi connectivity index (χ0n) is 10.9. The van der Waals surface area contributed by atoms with E-state index in [-0.39, 0.29) is 17.0 Å². The van der Waals surface area contributed by atoms with Crippen LogP contribution in [0.2, 0.25) is 0 Å². The fraction of sp³-hybridized carbons (Fsp3) is 0.900. The van der Waals surface area contributed by atoms with Crippen molar-refractivity contribution in [3.63, 3.8) is 0 Å². The largest absolute Gasteiger partial charge is 0.295 e. The number of carbonyl (C=O) groups is 1. The highest BCUT2D eigenvalue weighted by Gasteiger charge is 2.34. The van der Waals surface area contributed by atoms with Crippen molar-refractivity contribution in [3.8, 4) is 0 Å². The fourth-order valence-electron chi connectivity index (χ4n) is 1.28. The van der Waals surface area contributed by atoms with Gasteiger partial charge in [-0.05, 0) is 13.3 Å². The molecule has 102 valence electrons. The number of hydrogen-bond donors (Lipinski definition) is 1. The van der Waals surface area contributed by atoms with Gasteiger partial charge in [0.25, 0.3) is 6.65 Å². The fourth-order valence-corrected chi connectivity index (χ4v) is 7.12. The van der Waals surface area contributed by atoms with Crippen LogP contribution in [-0.4, -0.2) is 34.8 Å². The molecule has 0 aromatic carbocycles. The zero-order chi connectivity index (χ0) is 13.5. The lowest BCUT2D eigenvalue weighted by atomic mass is 10.4. The van der Waals surface area contributed by atoms with Gasteiger partial charge in [-0.1, -0.05) is 32.2 Å². The second-order valence-electron chi connectivity index (χ2n) is 3.60. The molecule has 0 bridgehead atoms. The van der Waals surface area contributed by atoms with Crippen LogP contribution < -0.4 is 5.09 Å². The van der Waals surface area contributed by atoms with Gasteiger partial charge in [0.1, 0.15) is 5.88 Å². The van der Waals surface area contributed by atoms with Crippen LogP contribution in [0.5, 0.6) is 0 Å². The number of carbonyl (C=O) groups excluding carboxylic acids is 1. The molecule has 4 nitrogen and oxygen atoms in total. The average molecular weight is 301 g/mol. The first-order chi connectivity index (χ1) is 7.95. The van der Waals surface area contributed by atoms with Crippen LogP contribution in [0.15, 0.2) is 0 Å². The first-order valence-corrected chi connectivity index (χ1v) is 9.53. The minimum atomic E-state index is -2.91. The normalized spacial score (nSPS) is 16.3. The molecule has 0 aliphatic heterocycles. The second kappa shape index (κ2) is 8.41. The van der Waals surface area contributed by atoms with Crippen molar-refractivity contribution in [1.82, 2.24) is 9.76 Å². The van der Waals surface area contributed by atoms with Gasteiger partial charge in [-0.2, -0.15) is 0 Å². The Balaban J connectivity index is 5.01. The Bertz CT molecular complexity index is 291. The number of amides is 1. The minimum Gasteiger partial charge on any atom is -0.273 e. The first kappa shape index (κ1) is 17.3. The van der Waals surface area contributed by atoms with Crippen molar-refractivity contribution in [1.29, 1.82) is 0 Å². The molecule has 1 N–H and O–H groups in total. The predicted octanol–water partition coefficient (Wildman–Crippen LogP) is 3.32. The van der Waals surface area contributed by atoms with Crippen molar-refractivity contribution in [3.05, 3.63) is 0 Å². The minimum absolute atomic E-state index is 0.135. The lowest BCUT2D eigenvalue weighted by molar-refractivity contribution is -0.123. The molecule has 0 rings (SSSR count). The van der Waals surface area contributed by atoms with E-state index in [4.69, 9.17) is 11.6 Å². The van der Waals surface area contributed by atoms with Gasteiger partial charge in [0.2, 0.25) is 5.91 Å². The van der Waals surface area contributed by atoms with Crippen molar-refractivity contribution < 1.29 is 9.36 Å². The van der Waals surface area contributed by atoms with E-state index in [0.29, 0.717) is 13.1 Å². The number of halogens is 1. The summed E-state index contributed by atoms with van der Waals surface area (Å²) in [6.07, 6.45) is 0.909. The summed E-state index contributed by atoms with van der Waals surface area (Å²) >= 11 is 6.89. The van der Waals surface area contributed by atoms with E-state index in [1.54, 1.807) is 0 Å². The average Bonchev–Trinajstić information content (AvgIpc) is 2.29. The Morgan fingerprint density at radius 3 is 2.41 bits per heavy atom. The summed E-state index contributed by atoms with van der Waals surface area (Å²) in [6.45, 7) is 5.79. The monoisotopic (exact) mass is 300 g/mol. The molecule has 0 aliphatic rings. The molecule has 0 aromatic heterocycles. The lowest BCUT2D eigenvalue weighted by Crippen LogP contribution is -2.33. The van der Waals surface area contributed by atoms with Gasteiger partial charge in [0.15, 0.2) is 0 Å². The second-order valence-corrected chi connectivity index (χ2v) is 8.84. The third-order valence-electron chi connectivity index (χ3n) is 2.28. The third-order valence-corrected chi connectivity index (χ3v) is 8.26. The van der Waals surface area contributed by atoms with Crippen molar-refractivity contribution in [2.45, 2.75) is 39.4 Å². The van der Waals surface area contributed by atoms with Crippen LogP contribution >= 0.6 is 29.6 Å². The molecule has 2 atom stereocenters. The van der Waals surface area contributed by atoms with Gasteiger partial charge < -0.3 is 0 Å². The molecule has 0 aliphatic carbocycles. The van der Waals surface area contributed by atoms with E-state index in [1.165, 1.54) is 16.1 Å². The van der Waals surface area contributed by atoms with Gasteiger partial charge >= 0.3 is 0 Å². The summed E-state index contributed by atoms with van der Waals surface area (Å²) in [5.41, 5.74) is 0. The summed E-state index contributed by atoms with van der Waals surface area (Å²) < 4.78 is 14.2. The zero-order valence-corrected chi connectivity index (χ0v) is 13.4. The van der Waals surface area contributed by atoms with Crippen LogP contribution in [0.3, 0.4) is 0 Å². The molecule has 2 unspecified atom stereocenters. The molecule has 0 spiro atoms. The van der Waals surface area contributed by atoms with Crippen LogP contribution in [0.4, 0.5) is 0 Å². The maximum Gasteiger partial charge on any atom is 0.295 e. The van der Waals surface area contributed by atoms with Gasteiger partial charge in [-0.3, -0.25) is 14.0 Å². The summed E-state index contributed by atoms with van der Waals surface area (Å²) in [5.74, 6) is -0.418. The van der Waals surface area contributed by atoms with Crippen molar-refractivity contribution in [2.24, 2.45) is 0 Å². The van der Waals surface area contributed by atoms with Gasteiger partial charge in [-0.25, -0.2) is 5.09 Å². The van der Waals surface area contributed by atoms with E-state index in [9.17, 15) is 9.36 Å².